The van der Waals surface area contributed by atoms with Crippen LogP contribution in [-0.2, 0) is 21.9 Å². The molecule has 11 heteroatoms. The molecule has 3 N–H and O–H groups in total. The maximum Gasteiger partial charge on any atom is 0.265 e. The SMILES string of the molecule is CB(Cc1ccccc1)N(N)S(=O)(=O)c1nn(C(C)(C)CO)cc1C(=O)N(C)C. The first-order valence-electron chi connectivity index (χ1n) is 9.17. The summed E-state index contributed by atoms with van der Waals surface area (Å²) in [5.41, 5.74) is -0.0643. The fraction of sp³-hybridized carbons (Fsp3) is 0.444. The average molecular weight is 421 g/mol. The summed E-state index contributed by atoms with van der Waals surface area (Å²) in [4.78, 5) is 13.9. The molecule has 0 unspecified atom stereocenters. The minimum absolute atomic E-state index is 0.0983. The van der Waals surface area contributed by atoms with Gasteiger partial charge in [0.05, 0.1) is 17.7 Å². The zero-order valence-electron chi connectivity index (χ0n) is 17.4. The average Bonchev–Trinajstić information content (AvgIpc) is 3.14. The Morgan fingerprint density at radius 3 is 2.38 bits per heavy atom. The van der Waals surface area contributed by atoms with Gasteiger partial charge in [-0.2, -0.15) is 9.42 Å². The lowest BCUT2D eigenvalue weighted by molar-refractivity contribution is 0.0823. The zero-order chi connectivity index (χ0) is 22.0. The number of benzene rings is 1. The lowest BCUT2D eigenvalue weighted by Gasteiger charge is -2.23. The molecule has 1 aromatic carbocycles. The molecule has 0 saturated heterocycles. The summed E-state index contributed by atoms with van der Waals surface area (Å²) in [5, 5.41) is 13.3. The van der Waals surface area contributed by atoms with Gasteiger partial charge in [-0.1, -0.05) is 42.7 Å². The van der Waals surface area contributed by atoms with Crippen molar-refractivity contribution in [2.24, 2.45) is 5.84 Å². The molecule has 0 fully saturated rings. The molecule has 0 atom stereocenters. The Balaban J connectivity index is 2.47. The fourth-order valence-corrected chi connectivity index (χ4v) is 4.06. The van der Waals surface area contributed by atoms with Crippen molar-refractivity contribution in [3.8, 4) is 0 Å². The Morgan fingerprint density at radius 1 is 1.28 bits per heavy atom. The second-order valence-corrected chi connectivity index (χ2v) is 9.59. The number of hydrogen-bond acceptors (Lipinski definition) is 6. The first kappa shape index (κ1) is 23.1. The van der Waals surface area contributed by atoms with Crippen LogP contribution in [0.15, 0.2) is 41.6 Å². The van der Waals surface area contributed by atoms with E-state index >= 15 is 0 Å². The Labute approximate surface area is 172 Å². The summed E-state index contributed by atoms with van der Waals surface area (Å²) >= 11 is 0. The van der Waals surface area contributed by atoms with Crippen molar-refractivity contribution in [3.05, 3.63) is 47.7 Å². The van der Waals surface area contributed by atoms with Gasteiger partial charge in [-0.15, -0.1) is 0 Å². The second kappa shape index (κ2) is 8.66. The maximum absolute atomic E-state index is 13.2. The van der Waals surface area contributed by atoms with Crippen LogP contribution in [0.4, 0.5) is 0 Å². The lowest BCUT2D eigenvalue weighted by Crippen LogP contribution is -2.49. The summed E-state index contributed by atoms with van der Waals surface area (Å²) in [6.07, 6.45) is 1.73. The highest BCUT2D eigenvalue weighted by Gasteiger charge is 2.37. The monoisotopic (exact) mass is 421 g/mol. The van der Waals surface area contributed by atoms with E-state index in [4.69, 9.17) is 5.84 Å². The first-order valence-corrected chi connectivity index (χ1v) is 10.6. The number of hydrogen-bond donors (Lipinski definition) is 2. The Hall–Kier alpha value is -2.21. The van der Waals surface area contributed by atoms with Gasteiger partial charge in [0.1, 0.15) is 0 Å². The van der Waals surface area contributed by atoms with E-state index in [1.807, 2.05) is 30.3 Å². The van der Waals surface area contributed by atoms with Crippen LogP contribution in [-0.4, -0.2) is 66.0 Å². The molecule has 0 radical (unpaired) electrons. The van der Waals surface area contributed by atoms with E-state index in [1.54, 1.807) is 20.7 Å². The molecule has 2 aromatic rings. The van der Waals surface area contributed by atoms with Gasteiger partial charge < -0.3 is 10.0 Å². The van der Waals surface area contributed by atoms with Gasteiger partial charge in [0.15, 0.2) is 0 Å². The number of aliphatic hydroxyl groups is 1. The summed E-state index contributed by atoms with van der Waals surface area (Å²) in [7, 11) is -1.23. The van der Waals surface area contributed by atoms with Crippen molar-refractivity contribution in [1.82, 2.24) is 19.0 Å². The predicted molar refractivity (Wildman–Crippen MR) is 112 cm³/mol. The smallest absolute Gasteiger partial charge is 0.265 e. The molecule has 29 heavy (non-hydrogen) atoms. The Bertz CT molecular complexity index is 960. The second-order valence-electron chi connectivity index (χ2n) is 7.84. The number of hydrazine groups is 1. The molecule has 0 aliphatic heterocycles. The van der Waals surface area contributed by atoms with Gasteiger partial charge in [0, 0.05) is 20.3 Å². The quantitative estimate of drug-likeness (QED) is 0.365. The molecule has 0 aliphatic carbocycles. The molecule has 0 spiro atoms. The van der Waals surface area contributed by atoms with Crippen LogP contribution < -0.4 is 5.84 Å². The van der Waals surface area contributed by atoms with E-state index in [0.717, 1.165) is 9.89 Å². The maximum atomic E-state index is 13.2. The third-order valence-electron chi connectivity index (χ3n) is 4.65. The largest absolute Gasteiger partial charge is 0.394 e. The van der Waals surface area contributed by atoms with Crippen molar-refractivity contribution in [2.75, 3.05) is 20.7 Å². The van der Waals surface area contributed by atoms with Crippen LogP contribution in [0.2, 0.25) is 6.82 Å². The highest BCUT2D eigenvalue weighted by Crippen LogP contribution is 2.23. The molecule has 0 saturated carbocycles. The third-order valence-corrected chi connectivity index (χ3v) is 6.36. The van der Waals surface area contributed by atoms with E-state index in [2.05, 4.69) is 5.10 Å². The normalized spacial score (nSPS) is 12.3. The molecule has 1 aromatic heterocycles. The topological polar surface area (TPSA) is 122 Å². The third kappa shape index (κ3) is 4.86. The fourth-order valence-electron chi connectivity index (χ4n) is 2.70. The van der Waals surface area contributed by atoms with Crippen LogP contribution in [0.25, 0.3) is 0 Å². The Kier molecular flexibility index (Phi) is 6.89. The van der Waals surface area contributed by atoms with Crippen molar-refractivity contribution in [2.45, 2.75) is 37.6 Å². The van der Waals surface area contributed by atoms with E-state index in [0.29, 0.717) is 6.32 Å². The molecule has 1 amide bonds. The zero-order valence-corrected chi connectivity index (χ0v) is 18.2. The van der Waals surface area contributed by atoms with Crippen molar-refractivity contribution >= 4 is 22.8 Å². The summed E-state index contributed by atoms with van der Waals surface area (Å²) in [5.74, 6) is 5.47. The van der Waals surface area contributed by atoms with Gasteiger partial charge >= 0.3 is 0 Å². The summed E-state index contributed by atoms with van der Waals surface area (Å²) < 4.78 is 28.5. The van der Waals surface area contributed by atoms with Crippen LogP contribution >= 0.6 is 0 Å². The summed E-state index contributed by atoms with van der Waals surface area (Å²) in [6.45, 7) is 4.19. The number of rotatable bonds is 8. The standard InChI is InChI=1S/C18H28BN5O4S/c1-18(2,13-25)23-12-15(17(26)22(4)5)16(21-23)29(27,28)24(20)19(3)11-14-9-7-6-8-10-14/h6-10,12,25H,11,13,20H2,1-5H3. The van der Waals surface area contributed by atoms with E-state index in [-0.39, 0.29) is 12.2 Å². The molecule has 9 nitrogen and oxygen atoms in total. The van der Waals surface area contributed by atoms with Gasteiger partial charge in [-0.3, -0.25) is 15.3 Å². The lowest BCUT2D eigenvalue weighted by atomic mass is 9.61. The molecule has 2 rings (SSSR count). The van der Waals surface area contributed by atoms with Crippen LogP contribution in [0.5, 0.6) is 0 Å². The molecular formula is C18H28BN5O4S. The van der Waals surface area contributed by atoms with Gasteiger partial charge in [-0.05, 0) is 20.2 Å². The van der Waals surface area contributed by atoms with Gasteiger partial charge in [0.25, 0.3) is 22.8 Å². The van der Waals surface area contributed by atoms with Crippen LogP contribution in [0.3, 0.4) is 0 Å². The number of nitrogens with two attached hydrogens (primary N) is 1. The highest BCUT2D eigenvalue weighted by molar-refractivity contribution is 7.90. The molecule has 158 valence electrons. The molecular weight excluding hydrogens is 393 g/mol. The Morgan fingerprint density at radius 2 is 1.86 bits per heavy atom. The molecule has 0 aliphatic rings. The summed E-state index contributed by atoms with van der Waals surface area (Å²) in [6, 6.07) is 9.38. The van der Waals surface area contributed by atoms with Crippen molar-refractivity contribution in [3.63, 3.8) is 0 Å². The molecule has 0 bridgehead atoms. The number of sulfonamides is 1. The van der Waals surface area contributed by atoms with E-state index in [9.17, 15) is 18.3 Å². The van der Waals surface area contributed by atoms with Crippen molar-refractivity contribution < 1.29 is 18.3 Å². The minimum Gasteiger partial charge on any atom is -0.394 e. The number of carbonyl (C=O) groups excluding carboxylic acids is 1. The van der Waals surface area contributed by atoms with Gasteiger partial charge in [-0.25, -0.2) is 8.42 Å². The predicted octanol–water partition coefficient (Wildman–Crippen LogP) is 0.580. The number of aliphatic hydroxyl groups excluding tert-OH is 1. The van der Waals surface area contributed by atoms with Gasteiger partial charge in [0.2, 0.25) is 5.03 Å². The first-order chi connectivity index (χ1) is 13.4. The van der Waals surface area contributed by atoms with Crippen molar-refractivity contribution in [1.29, 1.82) is 0 Å². The van der Waals surface area contributed by atoms with Crippen LogP contribution in [0, 0.1) is 0 Å². The van der Waals surface area contributed by atoms with E-state index < -0.39 is 33.3 Å². The number of carbonyl (C=O) groups is 1. The number of amides is 1. The van der Waals surface area contributed by atoms with Crippen LogP contribution in [0.1, 0.15) is 29.8 Å². The minimum atomic E-state index is -4.27. The number of aromatic nitrogens is 2. The number of nitrogens with zero attached hydrogens (tertiary/aromatic N) is 4. The molecule has 1 heterocycles. The highest BCUT2D eigenvalue weighted by atomic mass is 32.2. The van der Waals surface area contributed by atoms with E-state index in [1.165, 1.54) is 29.9 Å².